The lowest BCUT2D eigenvalue weighted by Gasteiger charge is -2.08. The average Bonchev–Trinajstić information content (AvgIpc) is 3.79. The summed E-state index contributed by atoms with van der Waals surface area (Å²) in [5, 5.41) is 0. The van der Waals surface area contributed by atoms with Gasteiger partial charge in [0, 0.05) is 29.3 Å². The molecule has 7 aromatic rings. The second kappa shape index (κ2) is 10.6. The third-order valence-electron chi connectivity index (χ3n) is 6.86. The molecular formula is C36H24S3. The number of rotatable bonds is 6. The number of hydrogen-bond donors (Lipinski definition) is 0. The maximum atomic E-state index is 2.27. The van der Waals surface area contributed by atoms with Gasteiger partial charge in [0.2, 0.25) is 0 Å². The van der Waals surface area contributed by atoms with Gasteiger partial charge >= 0.3 is 0 Å². The van der Waals surface area contributed by atoms with Crippen molar-refractivity contribution in [1.29, 1.82) is 0 Å². The lowest BCUT2D eigenvalue weighted by molar-refractivity contribution is 1.62. The number of thiophene rings is 3. The predicted octanol–water partition coefficient (Wildman–Crippen LogP) is 11.9. The van der Waals surface area contributed by atoms with Crippen molar-refractivity contribution in [2.75, 3.05) is 0 Å². The summed E-state index contributed by atoms with van der Waals surface area (Å²) in [7, 11) is 0. The Kier molecular flexibility index (Phi) is 6.55. The highest BCUT2D eigenvalue weighted by Crippen LogP contribution is 2.45. The van der Waals surface area contributed by atoms with Crippen LogP contribution in [0, 0.1) is 0 Å². The second-order valence-electron chi connectivity index (χ2n) is 9.31. The lowest BCUT2D eigenvalue weighted by atomic mass is 9.99. The van der Waals surface area contributed by atoms with Crippen molar-refractivity contribution in [3.63, 3.8) is 0 Å². The van der Waals surface area contributed by atoms with Gasteiger partial charge in [-0.25, -0.2) is 0 Å². The zero-order valence-electron chi connectivity index (χ0n) is 21.1. The molecule has 0 aliphatic heterocycles. The minimum atomic E-state index is 1.25. The van der Waals surface area contributed by atoms with Crippen LogP contribution in [-0.2, 0) is 0 Å². The fourth-order valence-corrected chi connectivity index (χ4v) is 8.25. The zero-order chi connectivity index (χ0) is 26.0. The highest BCUT2D eigenvalue weighted by atomic mass is 32.1. The highest BCUT2D eigenvalue weighted by Gasteiger charge is 2.14. The summed E-state index contributed by atoms with van der Waals surface area (Å²) < 4.78 is 0. The monoisotopic (exact) mass is 552 g/mol. The molecular weight excluding hydrogens is 529 g/mol. The molecule has 7 rings (SSSR count). The topological polar surface area (TPSA) is 0 Å². The van der Waals surface area contributed by atoms with Gasteiger partial charge in [0.15, 0.2) is 0 Å². The smallest absolute Gasteiger partial charge is 0.0449 e. The van der Waals surface area contributed by atoms with Crippen LogP contribution in [0.4, 0.5) is 0 Å². The van der Waals surface area contributed by atoms with Gasteiger partial charge < -0.3 is 0 Å². The van der Waals surface area contributed by atoms with E-state index in [-0.39, 0.29) is 0 Å². The normalized spacial score (nSPS) is 11.1. The van der Waals surface area contributed by atoms with Gasteiger partial charge in [0.1, 0.15) is 0 Å². The Morgan fingerprint density at radius 3 is 0.897 bits per heavy atom. The van der Waals surface area contributed by atoms with Gasteiger partial charge in [-0.2, -0.15) is 0 Å². The lowest BCUT2D eigenvalue weighted by Crippen LogP contribution is -1.81. The quantitative estimate of drug-likeness (QED) is 0.192. The molecule has 0 spiro atoms. The van der Waals surface area contributed by atoms with E-state index in [1.54, 1.807) is 0 Å². The summed E-state index contributed by atoms with van der Waals surface area (Å²) >= 11 is 5.62. The Morgan fingerprint density at radius 2 is 0.513 bits per heavy atom. The van der Waals surface area contributed by atoms with Crippen LogP contribution in [0.15, 0.2) is 146 Å². The molecule has 0 radical (unpaired) electrons. The van der Waals surface area contributed by atoms with Crippen LogP contribution >= 0.6 is 34.0 Å². The Morgan fingerprint density at radius 1 is 0.231 bits per heavy atom. The first-order chi connectivity index (χ1) is 19.3. The van der Waals surface area contributed by atoms with E-state index in [4.69, 9.17) is 0 Å². The second-order valence-corrected chi connectivity index (χ2v) is 12.6. The highest BCUT2D eigenvalue weighted by molar-refractivity contribution is 7.28. The standard InChI is InChI=1S/C36H24S3/c1-3-11-25(12-4-1)27-15-7-9-17-29(27)31-19-21-33(37-31)35-23-24-36(39-35)34-22-20-32(38-34)30-18-10-8-16-28(30)26-13-5-2-6-14-26/h1-24H. The van der Waals surface area contributed by atoms with E-state index in [1.807, 2.05) is 34.0 Å². The molecule has 0 nitrogen and oxygen atoms in total. The van der Waals surface area contributed by atoms with Crippen molar-refractivity contribution in [3.05, 3.63) is 146 Å². The summed E-state index contributed by atoms with van der Waals surface area (Å²) in [6.45, 7) is 0. The van der Waals surface area contributed by atoms with Crippen molar-refractivity contribution < 1.29 is 0 Å². The molecule has 0 aliphatic carbocycles. The van der Waals surface area contributed by atoms with Crippen molar-refractivity contribution in [3.8, 4) is 62.6 Å². The largest absolute Gasteiger partial charge is 0.134 e. The van der Waals surface area contributed by atoms with Crippen LogP contribution in [0.3, 0.4) is 0 Å². The maximum absolute atomic E-state index is 2.27. The molecule has 186 valence electrons. The fraction of sp³-hybridized carbons (Fsp3) is 0. The summed E-state index contributed by atoms with van der Waals surface area (Å²) in [5.41, 5.74) is 7.64. The van der Waals surface area contributed by atoms with Gasteiger partial charge in [0.25, 0.3) is 0 Å². The molecule has 0 saturated heterocycles. The Balaban J connectivity index is 1.18. The van der Waals surface area contributed by atoms with E-state index in [2.05, 4.69) is 146 Å². The molecule has 0 atom stereocenters. The maximum Gasteiger partial charge on any atom is 0.0449 e. The zero-order valence-corrected chi connectivity index (χ0v) is 23.5. The molecule has 0 aliphatic rings. The van der Waals surface area contributed by atoms with Crippen LogP contribution in [0.1, 0.15) is 0 Å². The van der Waals surface area contributed by atoms with Crippen molar-refractivity contribution in [1.82, 2.24) is 0 Å². The van der Waals surface area contributed by atoms with Gasteiger partial charge in [-0.15, -0.1) is 34.0 Å². The Bertz CT molecular complexity index is 1720. The average molecular weight is 553 g/mol. The van der Waals surface area contributed by atoms with Crippen LogP contribution in [0.25, 0.3) is 62.6 Å². The van der Waals surface area contributed by atoms with E-state index >= 15 is 0 Å². The van der Waals surface area contributed by atoms with Crippen LogP contribution in [0.2, 0.25) is 0 Å². The molecule has 0 bridgehead atoms. The van der Waals surface area contributed by atoms with Gasteiger partial charge in [-0.05, 0) is 69.8 Å². The molecule has 3 heterocycles. The molecule has 0 amide bonds. The van der Waals surface area contributed by atoms with Crippen LogP contribution < -0.4 is 0 Å². The Hall–Kier alpha value is -4.02. The first-order valence-electron chi connectivity index (χ1n) is 12.9. The van der Waals surface area contributed by atoms with E-state index in [1.165, 1.54) is 62.6 Å². The van der Waals surface area contributed by atoms with E-state index in [0.29, 0.717) is 0 Å². The van der Waals surface area contributed by atoms with Crippen molar-refractivity contribution >= 4 is 34.0 Å². The fourth-order valence-electron chi connectivity index (χ4n) is 4.97. The molecule has 0 unspecified atom stereocenters. The summed E-state index contributed by atoms with van der Waals surface area (Å²) in [6.07, 6.45) is 0. The molecule has 3 aromatic heterocycles. The summed E-state index contributed by atoms with van der Waals surface area (Å²) in [6, 6.07) is 52.4. The van der Waals surface area contributed by atoms with Gasteiger partial charge in [-0.3, -0.25) is 0 Å². The molecule has 0 N–H and O–H groups in total. The van der Waals surface area contributed by atoms with E-state index in [0.717, 1.165) is 0 Å². The van der Waals surface area contributed by atoms with Crippen molar-refractivity contribution in [2.45, 2.75) is 0 Å². The molecule has 0 saturated carbocycles. The van der Waals surface area contributed by atoms with E-state index < -0.39 is 0 Å². The third kappa shape index (κ3) is 4.81. The summed E-state index contributed by atoms with van der Waals surface area (Å²) in [5.74, 6) is 0. The first-order valence-corrected chi connectivity index (χ1v) is 15.4. The van der Waals surface area contributed by atoms with E-state index in [9.17, 15) is 0 Å². The van der Waals surface area contributed by atoms with Crippen LogP contribution in [-0.4, -0.2) is 0 Å². The number of benzene rings is 4. The molecule has 39 heavy (non-hydrogen) atoms. The number of hydrogen-bond acceptors (Lipinski definition) is 3. The SMILES string of the molecule is c1ccc(-c2ccccc2-c2ccc(-c3ccc(-c4ccc(-c5ccccc5-c5ccccc5)s4)s3)s2)cc1. The molecule has 3 heteroatoms. The first kappa shape index (κ1) is 24.1. The minimum absolute atomic E-state index is 1.25. The van der Waals surface area contributed by atoms with Gasteiger partial charge in [-0.1, -0.05) is 109 Å². The van der Waals surface area contributed by atoms with Gasteiger partial charge in [0.05, 0.1) is 0 Å². The minimum Gasteiger partial charge on any atom is -0.134 e. The van der Waals surface area contributed by atoms with Crippen molar-refractivity contribution in [2.24, 2.45) is 0 Å². The molecule has 0 fully saturated rings. The molecule has 4 aromatic carbocycles. The third-order valence-corrected chi connectivity index (χ3v) is 10.6. The predicted molar refractivity (Wildman–Crippen MR) is 173 cm³/mol. The Labute approximate surface area is 241 Å². The summed E-state index contributed by atoms with van der Waals surface area (Å²) in [4.78, 5) is 7.87. The van der Waals surface area contributed by atoms with Crippen LogP contribution in [0.5, 0.6) is 0 Å².